The van der Waals surface area contributed by atoms with Crippen LogP contribution in [0.5, 0.6) is 0 Å². The molecule has 3 aromatic rings. The lowest BCUT2D eigenvalue weighted by Crippen LogP contribution is -2.47. The van der Waals surface area contributed by atoms with E-state index in [1.807, 2.05) is 24.3 Å². The first kappa shape index (κ1) is 22.9. The van der Waals surface area contributed by atoms with Gasteiger partial charge in [-0.05, 0) is 73.9 Å². The summed E-state index contributed by atoms with van der Waals surface area (Å²) in [6.45, 7) is 5.23. The number of hydrogen-bond acceptors (Lipinski definition) is 4. The van der Waals surface area contributed by atoms with Gasteiger partial charge in [-0.3, -0.25) is 9.78 Å². The van der Waals surface area contributed by atoms with Crippen LogP contribution in [0.25, 0.3) is 11.1 Å². The quantitative estimate of drug-likeness (QED) is 0.573. The van der Waals surface area contributed by atoms with Crippen molar-refractivity contribution >= 4 is 17.7 Å². The van der Waals surface area contributed by atoms with Gasteiger partial charge in [0, 0.05) is 24.5 Å². The van der Waals surface area contributed by atoms with Gasteiger partial charge in [-0.1, -0.05) is 24.3 Å². The molecule has 0 spiro atoms. The smallest absolute Gasteiger partial charge is 0.408 e. The molecule has 2 N–H and O–H groups in total. The third-order valence-electron chi connectivity index (χ3n) is 4.53. The van der Waals surface area contributed by atoms with Crippen LogP contribution in [0.4, 0.5) is 14.9 Å². The maximum atomic E-state index is 13.2. The number of aromatic nitrogens is 1. The number of amides is 2. The molecule has 7 heteroatoms. The lowest BCUT2D eigenvalue weighted by Gasteiger charge is -2.23. The summed E-state index contributed by atoms with van der Waals surface area (Å²) >= 11 is 0. The number of carbonyl (C=O) groups excluding carboxylic acids is 2. The highest BCUT2D eigenvalue weighted by atomic mass is 19.1. The van der Waals surface area contributed by atoms with E-state index in [-0.39, 0.29) is 12.2 Å². The molecule has 0 aliphatic rings. The van der Waals surface area contributed by atoms with E-state index in [9.17, 15) is 14.0 Å². The van der Waals surface area contributed by atoms with Crippen LogP contribution in [0.3, 0.4) is 0 Å². The van der Waals surface area contributed by atoms with Crippen molar-refractivity contribution < 1.29 is 18.7 Å². The summed E-state index contributed by atoms with van der Waals surface area (Å²) in [5, 5.41) is 5.44. The molecule has 0 radical (unpaired) electrons. The van der Waals surface area contributed by atoms with Gasteiger partial charge in [0.05, 0.1) is 0 Å². The van der Waals surface area contributed by atoms with Crippen LogP contribution >= 0.6 is 0 Å². The van der Waals surface area contributed by atoms with Crippen molar-refractivity contribution in [2.24, 2.45) is 0 Å². The zero-order valence-corrected chi connectivity index (χ0v) is 18.3. The number of anilines is 1. The van der Waals surface area contributed by atoms with Gasteiger partial charge in [0.2, 0.25) is 5.91 Å². The second-order valence-corrected chi connectivity index (χ2v) is 8.33. The minimum Gasteiger partial charge on any atom is -0.444 e. The molecule has 1 aromatic heterocycles. The Morgan fingerprint density at radius 2 is 1.53 bits per heavy atom. The standard InChI is InChI=1S/C25H26FN3O3/c1-25(2,3)32-24(31)29-22(16-17-4-8-20(26)9-5-17)23(30)28-21-10-6-18(7-11-21)19-12-14-27-15-13-19/h4-15,22H,16H2,1-3H3,(H,28,30)(H,29,31)/t22-/m1/s1. The molecular weight excluding hydrogens is 409 g/mol. The SMILES string of the molecule is CC(C)(C)OC(=O)N[C@H](Cc1ccc(F)cc1)C(=O)Nc1ccc(-c2ccncc2)cc1. The largest absolute Gasteiger partial charge is 0.444 e. The second kappa shape index (κ2) is 10.0. The Hall–Kier alpha value is -3.74. The Labute approximate surface area is 186 Å². The highest BCUT2D eigenvalue weighted by Crippen LogP contribution is 2.21. The molecule has 0 saturated carbocycles. The molecular formula is C25H26FN3O3. The summed E-state index contributed by atoms with van der Waals surface area (Å²) < 4.78 is 18.5. The normalized spacial score (nSPS) is 12.0. The number of pyridine rings is 1. The van der Waals surface area contributed by atoms with E-state index in [2.05, 4.69) is 15.6 Å². The molecule has 0 aliphatic carbocycles. The molecule has 2 aromatic carbocycles. The van der Waals surface area contributed by atoms with E-state index in [0.717, 1.165) is 11.1 Å². The molecule has 0 fully saturated rings. The molecule has 0 saturated heterocycles. The lowest BCUT2D eigenvalue weighted by molar-refractivity contribution is -0.118. The molecule has 166 valence electrons. The number of nitrogens with one attached hydrogen (secondary N) is 2. The summed E-state index contributed by atoms with van der Waals surface area (Å²) in [5.41, 5.74) is 2.58. The highest BCUT2D eigenvalue weighted by molar-refractivity contribution is 5.97. The predicted octanol–water partition coefficient (Wildman–Crippen LogP) is 4.96. The third-order valence-corrected chi connectivity index (χ3v) is 4.53. The summed E-state index contributed by atoms with van der Waals surface area (Å²) in [5.74, 6) is -0.777. The Morgan fingerprint density at radius 1 is 0.938 bits per heavy atom. The minimum absolute atomic E-state index is 0.181. The Kier molecular flexibility index (Phi) is 7.20. The number of halogens is 1. The van der Waals surface area contributed by atoms with E-state index in [1.54, 1.807) is 57.4 Å². The molecule has 2 amide bonds. The molecule has 0 aliphatic heterocycles. The van der Waals surface area contributed by atoms with Crippen molar-refractivity contribution in [3.05, 3.63) is 84.4 Å². The number of nitrogens with zero attached hydrogens (tertiary/aromatic N) is 1. The first-order valence-corrected chi connectivity index (χ1v) is 10.2. The van der Waals surface area contributed by atoms with Crippen LogP contribution in [-0.4, -0.2) is 28.6 Å². The second-order valence-electron chi connectivity index (χ2n) is 8.33. The van der Waals surface area contributed by atoms with Gasteiger partial charge in [-0.25, -0.2) is 9.18 Å². The summed E-state index contributed by atoms with van der Waals surface area (Å²) in [7, 11) is 0. The van der Waals surface area contributed by atoms with Crippen LogP contribution < -0.4 is 10.6 Å². The monoisotopic (exact) mass is 435 g/mol. The van der Waals surface area contributed by atoms with Gasteiger partial charge < -0.3 is 15.4 Å². The third kappa shape index (κ3) is 6.91. The molecule has 32 heavy (non-hydrogen) atoms. The fourth-order valence-corrected chi connectivity index (χ4v) is 3.04. The number of ether oxygens (including phenoxy) is 1. The van der Waals surface area contributed by atoms with Gasteiger partial charge in [0.1, 0.15) is 17.5 Å². The summed E-state index contributed by atoms with van der Waals surface area (Å²) in [6, 6.07) is 16.0. The Balaban J connectivity index is 1.73. The number of rotatable bonds is 6. The Bertz CT molecular complexity index is 1050. The van der Waals surface area contributed by atoms with Gasteiger partial charge in [-0.15, -0.1) is 0 Å². The van der Waals surface area contributed by atoms with Crippen LogP contribution in [-0.2, 0) is 16.0 Å². The van der Waals surface area contributed by atoms with E-state index in [4.69, 9.17) is 4.74 Å². The van der Waals surface area contributed by atoms with Crippen LogP contribution in [0.2, 0.25) is 0 Å². The van der Waals surface area contributed by atoms with Crippen molar-refractivity contribution in [2.45, 2.75) is 38.8 Å². The molecule has 6 nitrogen and oxygen atoms in total. The summed E-state index contributed by atoms with van der Waals surface area (Å²) in [6.07, 6.45) is 2.91. The number of benzene rings is 2. The molecule has 3 rings (SSSR count). The average Bonchev–Trinajstić information content (AvgIpc) is 2.74. The van der Waals surface area contributed by atoms with Crippen LogP contribution in [0, 0.1) is 5.82 Å². The zero-order valence-electron chi connectivity index (χ0n) is 18.3. The van der Waals surface area contributed by atoms with Crippen LogP contribution in [0.1, 0.15) is 26.3 Å². The van der Waals surface area contributed by atoms with E-state index >= 15 is 0 Å². The lowest BCUT2D eigenvalue weighted by atomic mass is 10.0. The first-order chi connectivity index (χ1) is 15.2. The van der Waals surface area contributed by atoms with Gasteiger partial charge in [-0.2, -0.15) is 0 Å². The molecule has 0 unspecified atom stereocenters. The zero-order chi connectivity index (χ0) is 23.1. The summed E-state index contributed by atoms with van der Waals surface area (Å²) in [4.78, 5) is 29.3. The van der Waals surface area contributed by atoms with Crippen molar-refractivity contribution in [2.75, 3.05) is 5.32 Å². The van der Waals surface area contributed by atoms with Gasteiger partial charge >= 0.3 is 6.09 Å². The van der Waals surface area contributed by atoms with Gasteiger partial charge in [0.15, 0.2) is 0 Å². The minimum atomic E-state index is -0.907. The van der Waals surface area contributed by atoms with Crippen molar-refractivity contribution in [3.63, 3.8) is 0 Å². The number of hydrogen-bond donors (Lipinski definition) is 2. The van der Waals surface area contributed by atoms with E-state index < -0.39 is 23.6 Å². The maximum Gasteiger partial charge on any atom is 0.408 e. The first-order valence-electron chi connectivity index (χ1n) is 10.2. The maximum absolute atomic E-state index is 13.2. The van der Waals surface area contributed by atoms with Crippen LogP contribution in [0.15, 0.2) is 73.1 Å². The fourth-order valence-electron chi connectivity index (χ4n) is 3.04. The average molecular weight is 435 g/mol. The van der Waals surface area contributed by atoms with E-state index in [0.29, 0.717) is 11.3 Å². The van der Waals surface area contributed by atoms with Crippen molar-refractivity contribution in [3.8, 4) is 11.1 Å². The number of alkyl carbamates (subject to hydrolysis) is 1. The topological polar surface area (TPSA) is 80.3 Å². The van der Waals surface area contributed by atoms with E-state index in [1.165, 1.54) is 12.1 Å². The fraction of sp³-hybridized carbons (Fsp3) is 0.240. The van der Waals surface area contributed by atoms with Crippen molar-refractivity contribution in [1.82, 2.24) is 10.3 Å². The molecule has 1 heterocycles. The number of carbonyl (C=O) groups is 2. The highest BCUT2D eigenvalue weighted by Gasteiger charge is 2.25. The molecule has 0 bridgehead atoms. The predicted molar refractivity (Wildman–Crippen MR) is 122 cm³/mol. The molecule has 1 atom stereocenters. The van der Waals surface area contributed by atoms with Gasteiger partial charge in [0.25, 0.3) is 0 Å². The van der Waals surface area contributed by atoms with Crippen molar-refractivity contribution in [1.29, 1.82) is 0 Å². The Morgan fingerprint density at radius 3 is 2.12 bits per heavy atom.